The van der Waals surface area contributed by atoms with E-state index < -0.39 is 0 Å². The molecule has 94 valence electrons. The third-order valence-electron chi connectivity index (χ3n) is 2.74. The molecule has 0 aliphatic heterocycles. The number of hydrogen-bond donors (Lipinski definition) is 1. The highest BCUT2D eigenvalue weighted by molar-refractivity contribution is 5.40. The molecule has 0 aliphatic rings. The summed E-state index contributed by atoms with van der Waals surface area (Å²) >= 11 is 0. The molecule has 2 aromatic rings. The van der Waals surface area contributed by atoms with Gasteiger partial charge in [-0.25, -0.2) is 0 Å². The molecule has 0 fully saturated rings. The Morgan fingerprint density at radius 1 is 1.06 bits per heavy atom. The fraction of sp³-hybridized carbons (Fsp3) is 0.267. The number of rotatable bonds is 5. The summed E-state index contributed by atoms with van der Waals surface area (Å²) in [6.07, 6.45) is 3.50. The zero-order valence-corrected chi connectivity index (χ0v) is 10.8. The Balaban J connectivity index is 1.83. The number of benzene rings is 1. The van der Waals surface area contributed by atoms with Crippen LogP contribution in [0.5, 0.6) is 5.75 Å². The second-order valence-electron chi connectivity index (χ2n) is 4.43. The van der Waals surface area contributed by atoms with Gasteiger partial charge in [0.15, 0.2) is 6.73 Å². The van der Waals surface area contributed by atoms with Crippen LogP contribution in [0.1, 0.15) is 25.3 Å². The Morgan fingerprint density at radius 2 is 1.72 bits per heavy atom. The van der Waals surface area contributed by atoms with Crippen molar-refractivity contribution in [3.05, 3.63) is 54.4 Å². The Hall–Kier alpha value is -2.03. The summed E-state index contributed by atoms with van der Waals surface area (Å²) in [5.41, 5.74) is 2.33. The van der Waals surface area contributed by atoms with Crippen molar-refractivity contribution in [1.82, 2.24) is 4.98 Å². The number of hydrogen-bond acceptors (Lipinski definition) is 3. The fourth-order valence-corrected chi connectivity index (χ4v) is 1.62. The summed E-state index contributed by atoms with van der Waals surface area (Å²) < 4.78 is 5.61. The molecule has 1 heterocycles. The minimum absolute atomic E-state index is 0.449. The van der Waals surface area contributed by atoms with Crippen LogP contribution in [0.15, 0.2) is 48.8 Å². The van der Waals surface area contributed by atoms with E-state index in [1.807, 2.05) is 24.3 Å². The van der Waals surface area contributed by atoms with Gasteiger partial charge in [-0.15, -0.1) is 0 Å². The minimum Gasteiger partial charge on any atom is -0.473 e. The second-order valence-corrected chi connectivity index (χ2v) is 4.43. The number of aromatic nitrogens is 1. The largest absolute Gasteiger partial charge is 0.473 e. The summed E-state index contributed by atoms with van der Waals surface area (Å²) in [7, 11) is 0. The molecule has 0 bridgehead atoms. The van der Waals surface area contributed by atoms with Gasteiger partial charge in [-0.1, -0.05) is 26.0 Å². The smallest absolute Gasteiger partial charge is 0.159 e. The molecule has 1 aromatic heterocycles. The summed E-state index contributed by atoms with van der Waals surface area (Å²) in [5.74, 6) is 1.43. The number of pyridine rings is 1. The fourth-order valence-electron chi connectivity index (χ4n) is 1.62. The van der Waals surface area contributed by atoms with Crippen molar-refractivity contribution in [3.63, 3.8) is 0 Å². The van der Waals surface area contributed by atoms with Gasteiger partial charge in [0.2, 0.25) is 0 Å². The standard InChI is InChI=1S/C15H18N2O/c1-12(2)13-3-5-15(6-4-13)18-11-17-14-7-9-16-10-8-14/h3-10,12H,11H2,1-2H3,(H,16,17). The first-order valence-corrected chi connectivity index (χ1v) is 6.12. The molecule has 0 radical (unpaired) electrons. The van der Waals surface area contributed by atoms with Gasteiger partial charge in [0.05, 0.1) is 0 Å². The van der Waals surface area contributed by atoms with Crippen LogP contribution in [0.4, 0.5) is 5.69 Å². The van der Waals surface area contributed by atoms with Gasteiger partial charge in [0, 0.05) is 18.1 Å². The molecule has 1 aromatic carbocycles. The van der Waals surface area contributed by atoms with E-state index in [0.29, 0.717) is 12.6 Å². The van der Waals surface area contributed by atoms with Crippen LogP contribution in [0.2, 0.25) is 0 Å². The van der Waals surface area contributed by atoms with Gasteiger partial charge in [0.25, 0.3) is 0 Å². The SMILES string of the molecule is CC(C)c1ccc(OCNc2ccncc2)cc1. The van der Waals surface area contributed by atoms with Gasteiger partial charge in [-0.05, 0) is 35.7 Å². The second kappa shape index (κ2) is 6.05. The van der Waals surface area contributed by atoms with Gasteiger partial charge in [-0.3, -0.25) is 4.98 Å². The molecule has 1 N–H and O–H groups in total. The van der Waals surface area contributed by atoms with Crippen molar-refractivity contribution >= 4 is 5.69 Å². The number of anilines is 1. The molecular formula is C15H18N2O. The molecule has 0 atom stereocenters. The van der Waals surface area contributed by atoms with Crippen LogP contribution in [-0.2, 0) is 0 Å². The van der Waals surface area contributed by atoms with E-state index in [4.69, 9.17) is 4.74 Å². The highest BCUT2D eigenvalue weighted by Gasteiger charge is 1.99. The van der Waals surface area contributed by atoms with E-state index in [-0.39, 0.29) is 0 Å². The Kier molecular flexibility index (Phi) is 4.18. The average Bonchev–Trinajstić information content (AvgIpc) is 2.40. The van der Waals surface area contributed by atoms with E-state index in [1.54, 1.807) is 12.4 Å². The van der Waals surface area contributed by atoms with Crippen LogP contribution < -0.4 is 10.1 Å². The first-order valence-electron chi connectivity index (χ1n) is 6.12. The van der Waals surface area contributed by atoms with Crippen LogP contribution in [0.3, 0.4) is 0 Å². The molecule has 0 unspecified atom stereocenters. The van der Waals surface area contributed by atoms with Crippen molar-refractivity contribution in [2.45, 2.75) is 19.8 Å². The highest BCUT2D eigenvalue weighted by atomic mass is 16.5. The maximum absolute atomic E-state index is 5.61. The quantitative estimate of drug-likeness (QED) is 0.812. The van der Waals surface area contributed by atoms with Crippen molar-refractivity contribution < 1.29 is 4.74 Å². The number of nitrogens with zero attached hydrogens (tertiary/aromatic N) is 1. The van der Waals surface area contributed by atoms with Gasteiger partial charge in [0.1, 0.15) is 5.75 Å². The molecule has 0 aliphatic carbocycles. The molecule has 3 heteroatoms. The van der Waals surface area contributed by atoms with Crippen molar-refractivity contribution in [2.24, 2.45) is 0 Å². The first kappa shape index (κ1) is 12.4. The van der Waals surface area contributed by atoms with E-state index in [9.17, 15) is 0 Å². The zero-order chi connectivity index (χ0) is 12.8. The molecule has 3 nitrogen and oxygen atoms in total. The Bertz CT molecular complexity index is 466. The lowest BCUT2D eigenvalue weighted by molar-refractivity contribution is 0.346. The Morgan fingerprint density at radius 3 is 2.33 bits per heavy atom. The summed E-state index contributed by atoms with van der Waals surface area (Å²) in [6.45, 7) is 4.81. The van der Waals surface area contributed by atoms with Crippen molar-refractivity contribution in [3.8, 4) is 5.75 Å². The summed E-state index contributed by atoms with van der Waals surface area (Å²) in [5, 5.41) is 3.17. The molecule has 18 heavy (non-hydrogen) atoms. The van der Waals surface area contributed by atoms with E-state index in [1.165, 1.54) is 5.56 Å². The zero-order valence-electron chi connectivity index (χ0n) is 10.8. The highest BCUT2D eigenvalue weighted by Crippen LogP contribution is 2.18. The van der Waals surface area contributed by atoms with Crippen molar-refractivity contribution in [2.75, 3.05) is 12.0 Å². The maximum atomic E-state index is 5.61. The van der Waals surface area contributed by atoms with E-state index >= 15 is 0 Å². The third-order valence-corrected chi connectivity index (χ3v) is 2.74. The van der Waals surface area contributed by atoms with E-state index in [2.05, 4.69) is 36.3 Å². The molecule has 0 saturated heterocycles. The van der Waals surface area contributed by atoms with Gasteiger partial charge >= 0.3 is 0 Å². The Labute approximate surface area is 108 Å². The monoisotopic (exact) mass is 242 g/mol. The predicted octanol–water partition coefficient (Wildman–Crippen LogP) is 3.65. The molecule has 0 amide bonds. The van der Waals surface area contributed by atoms with Crippen molar-refractivity contribution in [1.29, 1.82) is 0 Å². The van der Waals surface area contributed by atoms with Gasteiger partial charge in [-0.2, -0.15) is 0 Å². The summed E-state index contributed by atoms with van der Waals surface area (Å²) in [6, 6.07) is 12.0. The normalized spacial score (nSPS) is 10.4. The molecule has 0 saturated carbocycles. The number of nitrogens with one attached hydrogen (secondary N) is 1. The summed E-state index contributed by atoms with van der Waals surface area (Å²) in [4.78, 5) is 3.96. The van der Waals surface area contributed by atoms with Crippen LogP contribution >= 0.6 is 0 Å². The topological polar surface area (TPSA) is 34.1 Å². The van der Waals surface area contributed by atoms with E-state index in [0.717, 1.165) is 11.4 Å². The predicted molar refractivity (Wildman–Crippen MR) is 73.9 cm³/mol. The lowest BCUT2D eigenvalue weighted by atomic mass is 10.0. The molecule has 0 spiro atoms. The minimum atomic E-state index is 0.449. The van der Waals surface area contributed by atoms with Gasteiger partial charge < -0.3 is 10.1 Å². The maximum Gasteiger partial charge on any atom is 0.159 e. The van der Waals surface area contributed by atoms with Crippen LogP contribution in [-0.4, -0.2) is 11.7 Å². The average molecular weight is 242 g/mol. The van der Waals surface area contributed by atoms with Crippen LogP contribution in [0, 0.1) is 0 Å². The third kappa shape index (κ3) is 3.48. The molecule has 2 rings (SSSR count). The lowest BCUT2D eigenvalue weighted by Gasteiger charge is -2.10. The first-order chi connectivity index (χ1) is 8.75. The lowest BCUT2D eigenvalue weighted by Crippen LogP contribution is -2.08. The van der Waals surface area contributed by atoms with Crippen LogP contribution in [0.25, 0.3) is 0 Å². The molecular weight excluding hydrogens is 224 g/mol. The number of ether oxygens (including phenoxy) is 1.